The lowest BCUT2D eigenvalue weighted by Crippen LogP contribution is -2.54. The Kier molecular flexibility index (Phi) is 6.36. The van der Waals surface area contributed by atoms with E-state index in [0.717, 1.165) is 17.7 Å². The van der Waals surface area contributed by atoms with Crippen molar-refractivity contribution in [2.24, 2.45) is 0 Å². The lowest BCUT2D eigenvalue weighted by molar-refractivity contribution is -0.122. The molecule has 0 aromatic heterocycles. The van der Waals surface area contributed by atoms with Crippen molar-refractivity contribution in [1.29, 1.82) is 0 Å². The summed E-state index contributed by atoms with van der Waals surface area (Å²) in [6, 6.07) is 10.0. The zero-order valence-electron chi connectivity index (χ0n) is 16.7. The first-order chi connectivity index (χ1) is 14.4. The van der Waals surface area contributed by atoms with Gasteiger partial charge in [0.25, 0.3) is 11.8 Å². The molecule has 0 saturated carbocycles. The van der Waals surface area contributed by atoms with E-state index in [0.29, 0.717) is 18.1 Å². The molecule has 4 amide bonds. The number of hydrogen-bond acceptors (Lipinski definition) is 6. The number of phenols is 1. The molecule has 0 atom stereocenters. The third-order valence-corrected chi connectivity index (χ3v) is 4.50. The third kappa shape index (κ3) is 4.43. The zero-order chi connectivity index (χ0) is 21.7. The fourth-order valence-corrected chi connectivity index (χ4v) is 2.85. The van der Waals surface area contributed by atoms with E-state index in [1.807, 2.05) is 0 Å². The lowest BCUT2D eigenvalue weighted by atomic mass is 10.1. The number of hydrogen-bond donors (Lipinski definition) is 2. The van der Waals surface area contributed by atoms with E-state index in [4.69, 9.17) is 9.47 Å². The van der Waals surface area contributed by atoms with Gasteiger partial charge in [0, 0.05) is 11.6 Å². The number of imide groups is 2. The number of nitrogens with one attached hydrogen (secondary N) is 1. The molecule has 2 N–H and O–H groups in total. The first-order valence-electron chi connectivity index (χ1n) is 9.46. The van der Waals surface area contributed by atoms with Crippen molar-refractivity contribution in [3.05, 3.63) is 53.6 Å². The maximum Gasteiger partial charge on any atom is 0.335 e. The molecule has 1 aliphatic heterocycles. The van der Waals surface area contributed by atoms with Crippen LogP contribution in [0, 0.1) is 0 Å². The predicted molar refractivity (Wildman–Crippen MR) is 111 cm³/mol. The van der Waals surface area contributed by atoms with Gasteiger partial charge in [-0.1, -0.05) is 13.3 Å². The molecule has 156 valence electrons. The van der Waals surface area contributed by atoms with Crippen LogP contribution in [0.15, 0.2) is 48.0 Å². The number of benzene rings is 2. The quantitative estimate of drug-likeness (QED) is 0.412. The Morgan fingerprint density at radius 2 is 1.77 bits per heavy atom. The van der Waals surface area contributed by atoms with Crippen LogP contribution in [0.3, 0.4) is 0 Å². The summed E-state index contributed by atoms with van der Waals surface area (Å²) in [6.07, 6.45) is 3.16. The van der Waals surface area contributed by atoms with E-state index in [2.05, 4.69) is 12.2 Å². The van der Waals surface area contributed by atoms with E-state index >= 15 is 0 Å². The monoisotopic (exact) mass is 410 g/mol. The van der Waals surface area contributed by atoms with Crippen molar-refractivity contribution in [2.45, 2.75) is 19.8 Å². The van der Waals surface area contributed by atoms with Crippen molar-refractivity contribution in [2.75, 3.05) is 18.6 Å². The normalized spacial score (nSPS) is 15.3. The molecule has 1 heterocycles. The molecular weight excluding hydrogens is 388 g/mol. The second kappa shape index (κ2) is 9.13. The number of barbiturate groups is 1. The molecule has 1 aliphatic rings. The molecule has 1 saturated heterocycles. The third-order valence-electron chi connectivity index (χ3n) is 4.50. The van der Waals surface area contributed by atoms with Gasteiger partial charge in [0.05, 0.1) is 19.4 Å². The van der Waals surface area contributed by atoms with Gasteiger partial charge in [-0.15, -0.1) is 0 Å². The average molecular weight is 410 g/mol. The molecule has 8 nitrogen and oxygen atoms in total. The number of methoxy groups -OCH3 is 1. The second-order valence-corrected chi connectivity index (χ2v) is 6.58. The van der Waals surface area contributed by atoms with Crippen molar-refractivity contribution < 1.29 is 29.0 Å². The van der Waals surface area contributed by atoms with Crippen molar-refractivity contribution in [1.82, 2.24) is 5.32 Å². The number of aromatic hydroxyl groups is 1. The molecule has 1 fully saturated rings. The van der Waals surface area contributed by atoms with Crippen LogP contribution >= 0.6 is 0 Å². The van der Waals surface area contributed by atoms with Gasteiger partial charge < -0.3 is 14.6 Å². The van der Waals surface area contributed by atoms with Crippen molar-refractivity contribution in [3.63, 3.8) is 0 Å². The highest BCUT2D eigenvalue weighted by molar-refractivity contribution is 6.39. The molecule has 0 unspecified atom stereocenters. The van der Waals surface area contributed by atoms with E-state index in [1.165, 1.54) is 25.3 Å². The molecular formula is C22H22N2O6. The fourth-order valence-electron chi connectivity index (χ4n) is 2.85. The number of unbranched alkanes of at least 4 members (excludes halogenated alkanes) is 1. The smallest absolute Gasteiger partial charge is 0.335 e. The van der Waals surface area contributed by atoms with Gasteiger partial charge in [-0.3, -0.25) is 14.9 Å². The predicted octanol–water partition coefficient (Wildman–Crippen LogP) is 3.25. The SMILES string of the molecule is CCCCOc1ccc(N2C(=O)NC(=O)/C(=C/c3ccc(OC)cc3O)C2=O)cc1. The lowest BCUT2D eigenvalue weighted by Gasteiger charge is -2.26. The standard InChI is InChI=1S/C22H22N2O6/c1-3-4-11-30-16-9-6-15(7-10-16)24-21(27)18(20(26)23-22(24)28)12-14-5-8-17(29-2)13-19(14)25/h5-10,12-13,25H,3-4,11H2,1-2H3,(H,23,26,28)/b18-12-. The summed E-state index contributed by atoms with van der Waals surface area (Å²) >= 11 is 0. The van der Waals surface area contributed by atoms with Gasteiger partial charge >= 0.3 is 6.03 Å². The maximum absolute atomic E-state index is 12.9. The Morgan fingerprint density at radius 3 is 2.40 bits per heavy atom. The Bertz CT molecular complexity index is 997. The molecule has 3 rings (SSSR count). The van der Waals surface area contributed by atoms with Crippen LogP contribution in [-0.2, 0) is 9.59 Å². The first-order valence-corrected chi connectivity index (χ1v) is 9.46. The molecule has 8 heteroatoms. The number of carbonyl (C=O) groups excluding carboxylic acids is 3. The molecule has 2 aromatic carbocycles. The molecule has 30 heavy (non-hydrogen) atoms. The zero-order valence-corrected chi connectivity index (χ0v) is 16.7. The summed E-state index contributed by atoms with van der Waals surface area (Å²) in [5.74, 6) is -0.756. The number of phenolic OH excluding ortho intramolecular Hbond substituents is 1. The van der Waals surface area contributed by atoms with E-state index < -0.39 is 17.8 Å². The number of anilines is 1. The Labute approximate surface area is 173 Å². The Hall–Kier alpha value is -3.81. The number of rotatable bonds is 7. The summed E-state index contributed by atoms with van der Waals surface area (Å²) in [5.41, 5.74) is 0.249. The van der Waals surface area contributed by atoms with Crippen LogP contribution < -0.4 is 19.7 Å². The summed E-state index contributed by atoms with van der Waals surface area (Å²) < 4.78 is 10.6. The summed E-state index contributed by atoms with van der Waals surface area (Å²) in [6.45, 7) is 2.64. The highest BCUT2D eigenvalue weighted by Gasteiger charge is 2.37. The van der Waals surface area contributed by atoms with Gasteiger partial charge in [-0.05, 0) is 48.9 Å². The Morgan fingerprint density at radius 1 is 1.07 bits per heavy atom. The summed E-state index contributed by atoms with van der Waals surface area (Å²) in [4.78, 5) is 38.4. The van der Waals surface area contributed by atoms with Crippen LogP contribution in [0.5, 0.6) is 17.2 Å². The van der Waals surface area contributed by atoms with Gasteiger partial charge in [0.2, 0.25) is 0 Å². The minimum Gasteiger partial charge on any atom is -0.507 e. The highest BCUT2D eigenvalue weighted by atomic mass is 16.5. The number of nitrogens with zero attached hydrogens (tertiary/aromatic N) is 1. The first kappa shape index (κ1) is 20.9. The average Bonchev–Trinajstić information content (AvgIpc) is 2.73. The van der Waals surface area contributed by atoms with Crippen molar-refractivity contribution >= 4 is 29.6 Å². The van der Waals surface area contributed by atoms with E-state index in [-0.39, 0.29) is 22.6 Å². The van der Waals surface area contributed by atoms with Gasteiger partial charge in [0.15, 0.2) is 0 Å². The molecule has 0 bridgehead atoms. The number of urea groups is 1. The second-order valence-electron chi connectivity index (χ2n) is 6.58. The number of amides is 4. The van der Waals surface area contributed by atoms with Gasteiger partial charge in [-0.2, -0.15) is 0 Å². The van der Waals surface area contributed by atoms with Crippen molar-refractivity contribution in [3.8, 4) is 17.2 Å². The van der Waals surface area contributed by atoms with Crippen LogP contribution in [0.25, 0.3) is 6.08 Å². The molecule has 0 aliphatic carbocycles. The minimum absolute atomic E-state index is 0.167. The van der Waals surface area contributed by atoms with Crippen LogP contribution in [0.1, 0.15) is 25.3 Å². The largest absolute Gasteiger partial charge is 0.507 e. The summed E-state index contributed by atoms with van der Waals surface area (Å²) in [7, 11) is 1.45. The highest BCUT2D eigenvalue weighted by Crippen LogP contribution is 2.28. The summed E-state index contributed by atoms with van der Waals surface area (Å²) in [5, 5.41) is 12.3. The van der Waals surface area contributed by atoms with Gasteiger partial charge in [0.1, 0.15) is 22.8 Å². The van der Waals surface area contributed by atoms with E-state index in [9.17, 15) is 19.5 Å². The Balaban J connectivity index is 1.87. The number of carbonyl (C=O) groups is 3. The fraction of sp³-hybridized carbons (Fsp3) is 0.227. The molecule has 2 aromatic rings. The molecule has 0 radical (unpaired) electrons. The van der Waals surface area contributed by atoms with Crippen LogP contribution in [0.2, 0.25) is 0 Å². The van der Waals surface area contributed by atoms with E-state index in [1.54, 1.807) is 30.3 Å². The topological polar surface area (TPSA) is 105 Å². The van der Waals surface area contributed by atoms with Crippen LogP contribution in [-0.4, -0.2) is 36.7 Å². The number of ether oxygens (including phenoxy) is 2. The maximum atomic E-state index is 12.9. The van der Waals surface area contributed by atoms with Crippen LogP contribution in [0.4, 0.5) is 10.5 Å². The minimum atomic E-state index is -0.847. The molecule has 0 spiro atoms. The van der Waals surface area contributed by atoms with Gasteiger partial charge in [-0.25, -0.2) is 9.69 Å².